The first-order chi connectivity index (χ1) is 10.2. The highest BCUT2D eigenvalue weighted by atomic mass is 16.5. The van der Waals surface area contributed by atoms with Gasteiger partial charge >= 0.3 is 18.0 Å². The zero-order valence-electron chi connectivity index (χ0n) is 12.5. The zero-order chi connectivity index (χ0) is 16.9. The summed E-state index contributed by atoms with van der Waals surface area (Å²) < 4.78 is 4.63. The zero-order valence-corrected chi connectivity index (χ0v) is 12.5. The molecule has 1 atom stereocenters. The lowest BCUT2D eigenvalue weighted by Gasteiger charge is -2.19. The quantitative estimate of drug-likeness (QED) is 0.594. The number of aryl methyl sites for hydroxylation is 1. The lowest BCUT2D eigenvalue weighted by Crippen LogP contribution is -2.47. The summed E-state index contributed by atoms with van der Waals surface area (Å²) in [6.07, 6.45) is 0. The Morgan fingerprint density at radius 2 is 1.95 bits per heavy atom. The number of aliphatic carboxylic acids is 1. The van der Waals surface area contributed by atoms with Crippen molar-refractivity contribution in [2.45, 2.75) is 19.4 Å². The molecular weight excluding hydrogens is 292 g/mol. The van der Waals surface area contributed by atoms with Crippen LogP contribution >= 0.6 is 0 Å². The molecule has 22 heavy (non-hydrogen) atoms. The first-order valence-corrected chi connectivity index (χ1v) is 6.37. The first-order valence-electron chi connectivity index (χ1n) is 6.37. The van der Waals surface area contributed by atoms with Gasteiger partial charge in [-0.3, -0.25) is 0 Å². The lowest BCUT2D eigenvalue weighted by molar-refractivity contribution is -0.155. The molecule has 0 spiro atoms. The molecule has 0 saturated carbocycles. The minimum Gasteiger partial charge on any atom is -0.479 e. The van der Waals surface area contributed by atoms with Crippen molar-refractivity contribution in [1.29, 1.82) is 0 Å². The Morgan fingerprint density at radius 3 is 2.50 bits per heavy atom. The molecule has 0 fully saturated rings. The maximum atomic E-state index is 11.8. The first kappa shape index (κ1) is 17.4. The Morgan fingerprint density at radius 1 is 1.32 bits per heavy atom. The third-order valence-electron chi connectivity index (χ3n) is 2.88. The van der Waals surface area contributed by atoms with Crippen molar-refractivity contribution in [3.05, 3.63) is 29.3 Å². The van der Waals surface area contributed by atoms with Gasteiger partial charge in [-0.15, -0.1) is 0 Å². The number of ether oxygens (including phenoxy) is 1. The molecule has 2 amide bonds. The molecule has 8 heteroatoms. The van der Waals surface area contributed by atoms with Crippen LogP contribution in [0.3, 0.4) is 0 Å². The van der Waals surface area contributed by atoms with Crippen molar-refractivity contribution in [3.63, 3.8) is 0 Å². The number of hydrogen-bond acceptors (Lipinski definition) is 5. The van der Waals surface area contributed by atoms with Gasteiger partial charge in [0.25, 0.3) is 0 Å². The van der Waals surface area contributed by atoms with Crippen LogP contribution in [0.2, 0.25) is 0 Å². The second-order valence-corrected chi connectivity index (χ2v) is 4.93. The molecule has 0 radical (unpaired) electrons. The molecule has 0 heterocycles. The maximum absolute atomic E-state index is 11.8. The molecule has 1 rings (SSSR count). The topological polar surface area (TPSA) is 125 Å². The van der Waals surface area contributed by atoms with Gasteiger partial charge < -0.3 is 25.6 Å². The molecular formula is C14H18N2O6. The molecule has 120 valence electrons. The molecule has 1 aromatic carbocycles. The normalized spacial score (nSPS) is 12.9. The molecule has 0 aromatic heterocycles. The molecule has 0 aliphatic rings. The van der Waals surface area contributed by atoms with Gasteiger partial charge in [-0.2, -0.15) is 0 Å². The summed E-state index contributed by atoms with van der Waals surface area (Å²) in [5.41, 5.74) is -0.900. The number of aliphatic hydroxyl groups is 1. The Bertz CT molecular complexity index is 597. The van der Waals surface area contributed by atoms with Crippen LogP contribution in [0.1, 0.15) is 22.8 Å². The summed E-state index contributed by atoms with van der Waals surface area (Å²) in [6.45, 7) is 2.34. The number of benzene rings is 1. The van der Waals surface area contributed by atoms with E-state index in [0.717, 1.165) is 12.5 Å². The number of carboxylic acid groups (broad SMARTS) is 1. The van der Waals surface area contributed by atoms with E-state index >= 15 is 0 Å². The van der Waals surface area contributed by atoms with E-state index < -0.39 is 30.1 Å². The Balaban J connectivity index is 2.81. The average Bonchev–Trinajstić information content (AvgIpc) is 2.46. The summed E-state index contributed by atoms with van der Waals surface area (Å²) >= 11 is 0. The largest absolute Gasteiger partial charge is 0.479 e. The summed E-state index contributed by atoms with van der Waals surface area (Å²) in [5, 5.41) is 22.9. The fourth-order valence-corrected chi connectivity index (χ4v) is 1.54. The van der Waals surface area contributed by atoms with Gasteiger partial charge in [0.05, 0.1) is 24.9 Å². The molecule has 1 aromatic rings. The Kier molecular flexibility index (Phi) is 5.47. The third-order valence-corrected chi connectivity index (χ3v) is 2.88. The van der Waals surface area contributed by atoms with Crippen LogP contribution in [0.25, 0.3) is 0 Å². The predicted molar refractivity (Wildman–Crippen MR) is 77.8 cm³/mol. The van der Waals surface area contributed by atoms with Crippen LogP contribution in [-0.4, -0.2) is 47.4 Å². The molecule has 0 saturated heterocycles. The number of rotatable bonds is 5. The van der Waals surface area contributed by atoms with Gasteiger partial charge in [0.2, 0.25) is 0 Å². The number of carbonyl (C=O) groups excluding carboxylic acids is 2. The minimum absolute atomic E-state index is 0.169. The van der Waals surface area contributed by atoms with Gasteiger partial charge in [-0.1, -0.05) is 11.6 Å². The van der Waals surface area contributed by atoms with Crippen molar-refractivity contribution in [2.24, 2.45) is 0 Å². The number of nitrogens with one attached hydrogen (secondary N) is 2. The van der Waals surface area contributed by atoms with Crippen LogP contribution in [0.5, 0.6) is 0 Å². The van der Waals surface area contributed by atoms with Gasteiger partial charge in [-0.25, -0.2) is 14.4 Å². The summed E-state index contributed by atoms with van der Waals surface area (Å²) in [4.78, 5) is 34.1. The van der Waals surface area contributed by atoms with E-state index in [9.17, 15) is 19.5 Å². The Hall–Kier alpha value is -2.61. The van der Waals surface area contributed by atoms with Crippen LogP contribution in [0.4, 0.5) is 10.5 Å². The SMILES string of the molecule is COC(=O)c1cc(C)ccc1NC(=O)NCC(C)(O)C(=O)O. The van der Waals surface area contributed by atoms with Gasteiger partial charge in [0, 0.05) is 0 Å². The Labute approximate surface area is 127 Å². The van der Waals surface area contributed by atoms with Crippen LogP contribution in [0.15, 0.2) is 18.2 Å². The average molecular weight is 310 g/mol. The number of hydrogen-bond donors (Lipinski definition) is 4. The summed E-state index contributed by atoms with van der Waals surface area (Å²) in [6, 6.07) is 4.01. The van der Waals surface area contributed by atoms with E-state index in [2.05, 4.69) is 15.4 Å². The van der Waals surface area contributed by atoms with E-state index in [1.165, 1.54) is 13.2 Å². The predicted octanol–water partition coefficient (Wildman–Crippen LogP) is 0.739. The second kappa shape index (κ2) is 6.90. The molecule has 8 nitrogen and oxygen atoms in total. The van der Waals surface area contributed by atoms with E-state index in [1.54, 1.807) is 19.1 Å². The highest BCUT2D eigenvalue weighted by Gasteiger charge is 2.30. The maximum Gasteiger partial charge on any atom is 0.339 e. The third kappa shape index (κ3) is 4.45. The van der Waals surface area contributed by atoms with Crippen LogP contribution in [-0.2, 0) is 9.53 Å². The number of methoxy groups -OCH3 is 1. The van der Waals surface area contributed by atoms with Crippen LogP contribution in [0, 0.1) is 6.92 Å². The molecule has 0 aliphatic heterocycles. The number of amides is 2. The van der Waals surface area contributed by atoms with Crippen molar-refractivity contribution < 1.29 is 29.3 Å². The molecule has 1 unspecified atom stereocenters. The molecule has 4 N–H and O–H groups in total. The fourth-order valence-electron chi connectivity index (χ4n) is 1.54. The number of urea groups is 1. The monoisotopic (exact) mass is 310 g/mol. The number of carbonyl (C=O) groups is 3. The highest BCUT2D eigenvalue weighted by Crippen LogP contribution is 2.18. The van der Waals surface area contributed by atoms with Gasteiger partial charge in [-0.05, 0) is 26.0 Å². The van der Waals surface area contributed by atoms with Gasteiger partial charge in [0.15, 0.2) is 5.60 Å². The van der Waals surface area contributed by atoms with E-state index in [-0.39, 0.29) is 11.3 Å². The summed E-state index contributed by atoms with van der Waals surface area (Å²) in [5.74, 6) is -2.07. The van der Waals surface area contributed by atoms with Crippen LogP contribution < -0.4 is 10.6 Å². The minimum atomic E-state index is -2.09. The lowest BCUT2D eigenvalue weighted by atomic mass is 10.1. The number of anilines is 1. The number of carboxylic acids is 1. The highest BCUT2D eigenvalue weighted by molar-refractivity contribution is 6.01. The molecule has 0 bridgehead atoms. The van der Waals surface area contributed by atoms with E-state index in [1.807, 2.05) is 0 Å². The standard InChI is InChI=1S/C14H18N2O6/c1-8-4-5-10(9(6-8)11(17)22-3)16-13(20)15-7-14(2,21)12(18)19/h4-6,21H,7H2,1-3H3,(H,18,19)(H2,15,16,20). The summed E-state index contributed by atoms with van der Waals surface area (Å²) in [7, 11) is 1.22. The van der Waals surface area contributed by atoms with E-state index in [4.69, 9.17) is 5.11 Å². The second-order valence-electron chi connectivity index (χ2n) is 4.93. The van der Waals surface area contributed by atoms with Crippen molar-refractivity contribution in [3.8, 4) is 0 Å². The van der Waals surface area contributed by atoms with Crippen molar-refractivity contribution in [1.82, 2.24) is 5.32 Å². The molecule has 0 aliphatic carbocycles. The van der Waals surface area contributed by atoms with Gasteiger partial charge in [0.1, 0.15) is 0 Å². The number of esters is 1. The van der Waals surface area contributed by atoms with E-state index in [0.29, 0.717) is 0 Å². The van der Waals surface area contributed by atoms with Crippen molar-refractivity contribution in [2.75, 3.05) is 19.0 Å². The van der Waals surface area contributed by atoms with Crippen molar-refractivity contribution >= 4 is 23.7 Å². The smallest absolute Gasteiger partial charge is 0.339 e. The fraction of sp³-hybridized carbons (Fsp3) is 0.357.